The van der Waals surface area contributed by atoms with Crippen LogP contribution < -0.4 is 15.4 Å². The molecule has 3 aromatic heterocycles. The highest BCUT2D eigenvalue weighted by Crippen LogP contribution is 2.29. The summed E-state index contributed by atoms with van der Waals surface area (Å²) in [5.74, 6) is 2.33. The van der Waals surface area contributed by atoms with Gasteiger partial charge < -0.3 is 20.3 Å². The predicted octanol–water partition coefficient (Wildman–Crippen LogP) is 5.00. The summed E-state index contributed by atoms with van der Waals surface area (Å²) in [6.07, 6.45) is 6.01. The van der Waals surface area contributed by atoms with Gasteiger partial charge in [-0.15, -0.1) is 0 Å². The van der Waals surface area contributed by atoms with Crippen molar-refractivity contribution in [2.45, 2.75) is 25.3 Å². The number of hydrogen-bond acceptors (Lipinski definition) is 9. The molecule has 4 heterocycles. The fourth-order valence-electron chi connectivity index (χ4n) is 3.90. The molecule has 2 N–H and O–H groups in total. The van der Waals surface area contributed by atoms with E-state index in [9.17, 15) is 4.79 Å². The first-order valence-corrected chi connectivity index (χ1v) is 12.3. The van der Waals surface area contributed by atoms with Gasteiger partial charge >= 0.3 is 0 Å². The third-order valence-electron chi connectivity index (χ3n) is 5.58. The molecular weight excluding hydrogens is 462 g/mol. The Labute approximate surface area is 206 Å². The van der Waals surface area contributed by atoms with Crippen LogP contribution in [0.1, 0.15) is 19.3 Å². The molecule has 0 saturated carbocycles. The van der Waals surface area contributed by atoms with Crippen molar-refractivity contribution in [2.24, 2.45) is 0 Å². The van der Waals surface area contributed by atoms with Crippen LogP contribution in [0.15, 0.2) is 67.4 Å². The second-order valence-corrected chi connectivity index (χ2v) is 9.10. The molecule has 35 heavy (non-hydrogen) atoms. The average molecular weight is 488 g/mol. The Kier molecular flexibility index (Phi) is 6.80. The third kappa shape index (κ3) is 5.72. The number of hydrogen-bond donors (Lipinski definition) is 2. The van der Waals surface area contributed by atoms with Gasteiger partial charge in [-0.25, -0.2) is 15.0 Å². The van der Waals surface area contributed by atoms with Gasteiger partial charge in [-0.3, -0.25) is 4.79 Å². The van der Waals surface area contributed by atoms with Crippen LogP contribution in [-0.4, -0.2) is 49.9 Å². The third-order valence-corrected chi connectivity index (χ3v) is 6.46. The minimum atomic E-state index is -0.0446. The van der Waals surface area contributed by atoms with Crippen molar-refractivity contribution in [1.29, 1.82) is 0 Å². The number of carbonyl (C=O) groups excluding carboxylic acids is 1. The van der Waals surface area contributed by atoms with Gasteiger partial charge in [0.1, 0.15) is 21.9 Å². The lowest BCUT2D eigenvalue weighted by molar-refractivity contribution is -0.126. The molecule has 1 saturated heterocycles. The maximum atomic E-state index is 12.1. The van der Waals surface area contributed by atoms with E-state index in [-0.39, 0.29) is 11.9 Å². The van der Waals surface area contributed by atoms with E-state index in [1.807, 2.05) is 41.3 Å². The number of likely N-dealkylation sites (tertiary alicyclic amines) is 1. The van der Waals surface area contributed by atoms with Gasteiger partial charge in [0.05, 0.1) is 0 Å². The Morgan fingerprint density at radius 1 is 1.11 bits per heavy atom. The van der Waals surface area contributed by atoms with Crippen molar-refractivity contribution in [3.8, 4) is 11.6 Å². The number of rotatable bonds is 7. The van der Waals surface area contributed by atoms with Gasteiger partial charge in [-0.2, -0.15) is 4.98 Å². The molecule has 178 valence electrons. The Balaban J connectivity index is 1.27. The van der Waals surface area contributed by atoms with Crippen LogP contribution in [-0.2, 0) is 4.79 Å². The molecule has 9 nitrogen and oxygen atoms in total. The summed E-state index contributed by atoms with van der Waals surface area (Å²) < 4.78 is 5.83. The molecule has 0 aliphatic carbocycles. The van der Waals surface area contributed by atoms with E-state index >= 15 is 0 Å². The van der Waals surface area contributed by atoms with Gasteiger partial charge in [0.25, 0.3) is 0 Å². The number of carbonyl (C=O) groups is 1. The van der Waals surface area contributed by atoms with E-state index in [0.29, 0.717) is 29.3 Å². The summed E-state index contributed by atoms with van der Waals surface area (Å²) in [5, 5.41) is 7.30. The second-order valence-electron chi connectivity index (χ2n) is 8.12. The number of para-hydroxylation sites is 1. The highest BCUT2D eigenvalue weighted by molar-refractivity contribution is 7.21. The lowest BCUT2D eigenvalue weighted by atomic mass is 10.1. The van der Waals surface area contributed by atoms with Gasteiger partial charge in [-0.1, -0.05) is 36.1 Å². The quantitative estimate of drug-likeness (QED) is 0.351. The second kappa shape index (κ2) is 10.5. The number of aromatic nitrogens is 4. The number of thiazole rings is 1. The topological polar surface area (TPSA) is 105 Å². The zero-order chi connectivity index (χ0) is 24.0. The zero-order valence-electron chi connectivity index (χ0n) is 19.1. The maximum absolute atomic E-state index is 12.1. The predicted molar refractivity (Wildman–Crippen MR) is 137 cm³/mol. The summed E-state index contributed by atoms with van der Waals surface area (Å²) in [5.41, 5.74) is 0.774. The first kappa shape index (κ1) is 22.7. The number of ether oxygens (including phenoxy) is 1. The molecule has 1 atom stereocenters. The molecule has 1 unspecified atom stereocenters. The summed E-state index contributed by atoms with van der Waals surface area (Å²) in [6.45, 7) is 4.95. The first-order chi connectivity index (χ1) is 17.2. The monoisotopic (exact) mass is 487 g/mol. The number of benzene rings is 1. The van der Waals surface area contributed by atoms with Crippen LogP contribution in [0, 0.1) is 0 Å². The zero-order valence-corrected chi connectivity index (χ0v) is 19.9. The van der Waals surface area contributed by atoms with Crippen molar-refractivity contribution in [3.05, 3.63) is 67.4 Å². The van der Waals surface area contributed by atoms with Crippen molar-refractivity contribution in [2.75, 3.05) is 23.7 Å². The van der Waals surface area contributed by atoms with Crippen LogP contribution in [0.2, 0.25) is 0 Å². The fourth-order valence-corrected chi connectivity index (χ4v) is 4.74. The Hall–Kier alpha value is -4.05. The lowest BCUT2D eigenvalue weighted by Gasteiger charge is -2.24. The smallest absolute Gasteiger partial charge is 0.246 e. The van der Waals surface area contributed by atoms with Gasteiger partial charge in [-0.05, 0) is 49.6 Å². The first-order valence-electron chi connectivity index (χ1n) is 11.4. The van der Waals surface area contributed by atoms with Crippen LogP contribution >= 0.6 is 11.3 Å². The van der Waals surface area contributed by atoms with Gasteiger partial charge in [0, 0.05) is 31.4 Å². The number of nitrogens with one attached hydrogen (secondary N) is 2. The van der Waals surface area contributed by atoms with Crippen LogP contribution in [0.25, 0.3) is 10.3 Å². The Morgan fingerprint density at radius 2 is 2.00 bits per heavy atom. The van der Waals surface area contributed by atoms with Crippen LogP contribution in [0.3, 0.4) is 0 Å². The van der Waals surface area contributed by atoms with Gasteiger partial charge in [0.2, 0.25) is 17.7 Å². The number of nitrogens with zero attached hydrogens (tertiary/aromatic N) is 5. The summed E-state index contributed by atoms with van der Waals surface area (Å²) in [6, 6.07) is 15.1. The van der Waals surface area contributed by atoms with Crippen molar-refractivity contribution < 1.29 is 9.53 Å². The number of anilines is 3. The van der Waals surface area contributed by atoms with E-state index in [1.165, 1.54) is 17.4 Å². The van der Waals surface area contributed by atoms with Crippen molar-refractivity contribution in [1.82, 2.24) is 24.8 Å². The highest BCUT2D eigenvalue weighted by atomic mass is 32.1. The van der Waals surface area contributed by atoms with Crippen molar-refractivity contribution >= 4 is 44.5 Å². The SMILES string of the molecule is C=CC(=O)N1CCCCC(Nc2nccc(Nc3nc4ccc(Oc5ccccc5)nc4s3)n2)C1. The number of amides is 1. The minimum absolute atomic E-state index is 0.0446. The van der Waals surface area contributed by atoms with E-state index < -0.39 is 0 Å². The standard InChI is InChI=1S/C25H25N7O2S/c1-2-22(33)32-15-7-6-8-17(16-32)27-24-26-14-13-20(29-24)30-25-28-19-11-12-21(31-23(19)35-25)34-18-9-4-3-5-10-18/h2-5,9-14,17H,1,6-8,15-16H2,(H2,26,27,28,29,30). The fraction of sp³-hybridized carbons (Fsp3) is 0.240. The molecule has 10 heteroatoms. The molecule has 0 radical (unpaired) electrons. The van der Waals surface area contributed by atoms with Crippen LogP contribution in [0.4, 0.5) is 16.9 Å². The lowest BCUT2D eigenvalue weighted by Crippen LogP contribution is -2.38. The molecule has 1 aromatic carbocycles. The number of fused-ring (bicyclic) bond motifs is 1. The Morgan fingerprint density at radius 3 is 2.86 bits per heavy atom. The minimum Gasteiger partial charge on any atom is -0.439 e. The Bertz CT molecular complexity index is 1330. The van der Waals surface area contributed by atoms with E-state index in [2.05, 4.69) is 37.1 Å². The molecule has 1 aliphatic rings. The summed E-state index contributed by atoms with van der Waals surface area (Å²) in [7, 11) is 0. The molecular formula is C25H25N7O2S. The van der Waals surface area contributed by atoms with Crippen molar-refractivity contribution in [3.63, 3.8) is 0 Å². The van der Waals surface area contributed by atoms with E-state index in [1.54, 1.807) is 18.3 Å². The number of pyridine rings is 1. The largest absolute Gasteiger partial charge is 0.439 e. The molecule has 5 rings (SSSR count). The maximum Gasteiger partial charge on any atom is 0.246 e. The highest BCUT2D eigenvalue weighted by Gasteiger charge is 2.21. The molecule has 1 aliphatic heterocycles. The van der Waals surface area contributed by atoms with Gasteiger partial charge in [0.15, 0.2) is 5.13 Å². The molecule has 1 amide bonds. The van der Waals surface area contributed by atoms with E-state index in [4.69, 9.17) is 4.74 Å². The summed E-state index contributed by atoms with van der Waals surface area (Å²) in [4.78, 5) is 32.8. The molecule has 4 aromatic rings. The molecule has 1 fully saturated rings. The summed E-state index contributed by atoms with van der Waals surface area (Å²) >= 11 is 1.42. The van der Waals surface area contributed by atoms with Crippen LogP contribution in [0.5, 0.6) is 11.6 Å². The van der Waals surface area contributed by atoms with E-state index in [0.717, 1.165) is 41.9 Å². The molecule has 0 spiro atoms. The normalized spacial score (nSPS) is 15.9. The average Bonchev–Trinajstić information content (AvgIpc) is 3.12. The molecule has 0 bridgehead atoms.